The average molecular weight is 571 g/mol. The maximum absolute atomic E-state index is 14.7. The van der Waals surface area contributed by atoms with Crippen molar-refractivity contribution in [2.24, 2.45) is 0 Å². The monoisotopic (exact) mass is 570 g/mol. The highest BCUT2D eigenvalue weighted by Gasteiger charge is 2.34. The molecule has 1 heterocycles. The molecule has 1 aromatic heterocycles. The number of rotatable bonds is 16. The van der Waals surface area contributed by atoms with Crippen molar-refractivity contribution in [1.82, 2.24) is 9.97 Å². The highest BCUT2D eigenvalue weighted by Crippen LogP contribution is 2.32. The van der Waals surface area contributed by atoms with Crippen molar-refractivity contribution < 1.29 is 27.4 Å². The van der Waals surface area contributed by atoms with Gasteiger partial charge in [0.15, 0.2) is 12.0 Å². The van der Waals surface area contributed by atoms with E-state index in [4.69, 9.17) is 9.47 Å². The topological polar surface area (TPSA) is 61.3 Å². The molecule has 0 spiro atoms. The number of carbonyl (C=O) groups is 1. The van der Waals surface area contributed by atoms with Crippen LogP contribution in [-0.4, -0.2) is 40.1 Å². The molecule has 0 N–H and O–H groups in total. The lowest BCUT2D eigenvalue weighted by atomic mass is 10.0. The maximum Gasteiger partial charge on any atom is 0.348 e. The molecular formula is C33H41F3N2O3. The fraction of sp³-hybridized carbons (Fsp3) is 0.485. The first-order valence-electron chi connectivity index (χ1n) is 14.5. The number of nitrogens with zero attached hydrogens (tertiary/aromatic N) is 2. The van der Waals surface area contributed by atoms with E-state index in [-0.39, 0.29) is 12.2 Å². The minimum absolute atomic E-state index is 0.123. The van der Waals surface area contributed by atoms with Crippen LogP contribution in [0, 0.1) is 0 Å². The van der Waals surface area contributed by atoms with E-state index >= 15 is 0 Å². The van der Waals surface area contributed by atoms with E-state index in [9.17, 15) is 18.0 Å². The summed E-state index contributed by atoms with van der Waals surface area (Å²) in [5, 5.41) is 0. The zero-order valence-electron chi connectivity index (χ0n) is 24.4. The second kappa shape index (κ2) is 15.5. The van der Waals surface area contributed by atoms with E-state index in [1.807, 2.05) is 13.0 Å². The van der Waals surface area contributed by atoms with Gasteiger partial charge in [-0.1, -0.05) is 63.8 Å². The summed E-state index contributed by atoms with van der Waals surface area (Å²) < 4.78 is 54.6. The molecule has 4 unspecified atom stereocenters. The Hall–Kier alpha value is -3.42. The van der Waals surface area contributed by atoms with Crippen molar-refractivity contribution in [3.8, 4) is 34.0 Å². The minimum atomic E-state index is -2.04. The molecule has 2 aromatic carbocycles. The molecule has 3 aromatic rings. The SMILES string of the molecule is CCCCCC(Oc1ccccc1-c1ncc(-c2ccc(OC(=O)C(C)(F)CCCCC)cc2)cn1)C(F)C(C)F. The van der Waals surface area contributed by atoms with Crippen LogP contribution in [0.4, 0.5) is 13.2 Å². The lowest BCUT2D eigenvalue weighted by Gasteiger charge is -2.24. The fourth-order valence-corrected chi connectivity index (χ4v) is 4.45. The largest absolute Gasteiger partial charge is 0.487 e. The van der Waals surface area contributed by atoms with Crippen LogP contribution in [0.5, 0.6) is 11.5 Å². The first-order valence-corrected chi connectivity index (χ1v) is 14.5. The zero-order chi connectivity index (χ0) is 29.8. The molecule has 0 saturated heterocycles. The number of aromatic nitrogens is 2. The summed E-state index contributed by atoms with van der Waals surface area (Å²) in [6.45, 7) is 6.53. The second-order valence-corrected chi connectivity index (χ2v) is 10.6. The van der Waals surface area contributed by atoms with Crippen molar-refractivity contribution in [2.45, 2.75) is 103 Å². The van der Waals surface area contributed by atoms with Crippen molar-refractivity contribution in [2.75, 3.05) is 0 Å². The molecule has 0 radical (unpaired) electrons. The van der Waals surface area contributed by atoms with Gasteiger partial charge in [-0.15, -0.1) is 0 Å². The second-order valence-electron chi connectivity index (χ2n) is 10.6. The molecule has 4 atom stereocenters. The Morgan fingerprint density at radius 3 is 2.17 bits per heavy atom. The first kappa shape index (κ1) is 32.1. The van der Waals surface area contributed by atoms with Gasteiger partial charge in [-0.25, -0.2) is 27.9 Å². The van der Waals surface area contributed by atoms with E-state index in [0.29, 0.717) is 35.5 Å². The van der Waals surface area contributed by atoms with Crippen LogP contribution in [0.25, 0.3) is 22.5 Å². The van der Waals surface area contributed by atoms with Gasteiger partial charge in [-0.2, -0.15) is 0 Å². The quantitative estimate of drug-likeness (QED) is 0.0977. The number of esters is 1. The van der Waals surface area contributed by atoms with Gasteiger partial charge in [0.2, 0.25) is 5.67 Å². The number of hydrogen-bond acceptors (Lipinski definition) is 5. The molecule has 0 bridgehead atoms. The van der Waals surface area contributed by atoms with Crippen molar-refractivity contribution in [3.05, 3.63) is 60.9 Å². The maximum atomic E-state index is 14.7. The summed E-state index contributed by atoms with van der Waals surface area (Å²) in [6.07, 6.45) is 4.56. The third kappa shape index (κ3) is 9.30. The summed E-state index contributed by atoms with van der Waals surface area (Å²) in [5.74, 6) is 0.133. The third-order valence-corrected chi connectivity index (χ3v) is 7.02. The third-order valence-electron chi connectivity index (χ3n) is 7.02. The van der Waals surface area contributed by atoms with E-state index < -0.39 is 30.1 Å². The number of ether oxygens (including phenoxy) is 2. The molecule has 8 heteroatoms. The highest BCUT2D eigenvalue weighted by molar-refractivity contribution is 5.81. The molecule has 3 rings (SSSR count). The molecule has 0 aliphatic heterocycles. The number of hydrogen-bond donors (Lipinski definition) is 0. The Morgan fingerprint density at radius 2 is 1.54 bits per heavy atom. The van der Waals surface area contributed by atoms with E-state index in [2.05, 4.69) is 16.9 Å². The zero-order valence-corrected chi connectivity index (χ0v) is 24.4. The van der Waals surface area contributed by atoms with E-state index in [0.717, 1.165) is 37.7 Å². The molecule has 5 nitrogen and oxygen atoms in total. The Kier molecular flexibility index (Phi) is 12.2. The van der Waals surface area contributed by atoms with Gasteiger partial charge >= 0.3 is 5.97 Å². The van der Waals surface area contributed by atoms with Gasteiger partial charge < -0.3 is 9.47 Å². The van der Waals surface area contributed by atoms with Crippen LogP contribution in [0.2, 0.25) is 0 Å². The smallest absolute Gasteiger partial charge is 0.348 e. The van der Waals surface area contributed by atoms with Gasteiger partial charge in [0.25, 0.3) is 0 Å². The lowest BCUT2D eigenvalue weighted by molar-refractivity contribution is -0.147. The predicted octanol–water partition coefficient (Wildman–Crippen LogP) is 9.05. The lowest BCUT2D eigenvalue weighted by Crippen LogP contribution is -2.34. The van der Waals surface area contributed by atoms with E-state index in [1.54, 1.807) is 54.9 Å². The summed E-state index contributed by atoms with van der Waals surface area (Å²) >= 11 is 0. The summed E-state index contributed by atoms with van der Waals surface area (Å²) in [4.78, 5) is 21.3. The molecule has 0 fully saturated rings. The first-order chi connectivity index (χ1) is 19.7. The fourth-order valence-electron chi connectivity index (χ4n) is 4.45. The van der Waals surface area contributed by atoms with Crippen LogP contribution >= 0.6 is 0 Å². The van der Waals surface area contributed by atoms with Gasteiger partial charge in [-0.05, 0) is 69.4 Å². The van der Waals surface area contributed by atoms with Gasteiger partial charge in [0.05, 0.1) is 5.56 Å². The van der Waals surface area contributed by atoms with E-state index in [1.165, 1.54) is 13.8 Å². The average Bonchev–Trinajstić information content (AvgIpc) is 2.97. The Morgan fingerprint density at radius 1 is 0.902 bits per heavy atom. The number of alkyl halides is 3. The molecule has 0 aliphatic rings. The molecule has 0 aliphatic carbocycles. The van der Waals surface area contributed by atoms with Crippen LogP contribution < -0.4 is 9.47 Å². The number of unbranched alkanes of at least 4 members (excludes halogenated alkanes) is 4. The number of benzene rings is 2. The summed E-state index contributed by atoms with van der Waals surface area (Å²) in [6, 6.07) is 13.8. The normalized spacial score (nSPS) is 15.0. The minimum Gasteiger partial charge on any atom is -0.487 e. The number of para-hydroxylation sites is 1. The van der Waals surface area contributed by atoms with Crippen molar-refractivity contribution in [1.29, 1.82) is 0 Å². The molecule has 0 amide bonds. The van der Waals surface area contributed by atoms with Gasteiger partial charge in [0, 0.05) is 18.0 Å². The van der Waals surface area contributed by atoms with Crippen LogP contribution in [0.1, 0.15) is 79.1 Å². The molecule has 41 heavy (non-hydrogen) atoms. The van der Waals surface area contributed by atoms with Crippen LogP contribution in [0.15, 0.2) is 60.9 Å². The van der Waals surface area contributed by atoms with Crippen LogP contribution in [0.3, 0.4) is 0 Å². The molecule has 222 valence electrons. The summed E-state index contributed by atoms with van der Waals surface area (Å²) in [7, 11) is 0. The Labute approximate surface area is 241 Å². The molecule has 0 saturated carbocycles. The Balaban J connectivity index is 1.72. The number of halogens is 3. The van der Waals surface area contributed by atoms with Crippen molar-refractivity contribution >= 4 is 5.97 Å². The predicted molar refractivity (Wildman–Crippen MR) is 156 cm³/mol. The van der Waals surface area contributed by atoms with Gasteiger partial charge in [-0.3, -0.25) is 0 Å². The van der Waals surface area contributed by atoms with Crippen molar-refractivity contribution in [3.63, 3.8) is 0 Å². The molecular weight excluding hydrogens is 529 g/mol. The summed E-state index contributed by atoms with van der Waals surface area (Å²) in [5.41, 5.74) is 0.0311. The Bertz CT molecular complexity index is 1220. The standard InChI is InChI=1S/C33H41F3N2O3/c1-5-7-9-15-29(30(35)23(3)34)41-28-14-11-10-13-27(28)31-37-21-25(22-38-31)24-16-18-26(19-17-24)40-32(39)33(4,36)20-12-8-6-2/h10-11,13-14,16-19,21-23,29-30H,5-9,12,15,20H2,1-4H3. The van der Waals surface area contributed by atoms with Crippen LogP contribution in [-0.2, 0) is 4.79 Å². The van der Waals surface area contributed by atoms with Gasteiger partial charge in [0.1, 0.15) is 23.8 Å². The highest BCUT2D eigenvalue weighted by atomic mass is 19.2. The number of carbonyl (C=O) groups excluding carboxylic acids is 1.